The van der Waals surface area contributed by atoms with Gasteiger partial charge < -0.3 is 4.90 Å². The van der Waals surface area contributed by atoms with Crippen LogP contribution in [0, 0.1) is 0 Å². The normalized spacial score (nSPS) is 19.4. The topological polar surface area (TPSA) is 9.26 Å². The molecule has 3 nitrogen and oxygen atoms in total. The van der Waals surface area contributed by atoms with Crippen molar-refractivity contribution in [3.63, 3.8) is 0 Å². The molecule has 0 amide bonds. The SMILES string of the molecule is C1=CCC(c2ccc3c(c2)C2(c4ccccc4-3)c3ccccc3N(c3ccccc3)c3ccccc32)C(c2cccc(CN3C4C(c5ccccc5)=CC(c5ccccc5)=CN43)c2)=C1. The molecule has 3 heterocycles. The van der Waals surface area contributed by atoms with Gasteiger partial charge in [-0.15, -0.1) is 0 Å². The van der Waals surface area contributed by atoms with Crippen LogP contribution < -0.4 is 4.90 Å². The van der Waals surface area contributed by atoms with Crippen LogP contribution in [0.25, 0.3) is 27.8 Å². The molecule has 0 saturated carbocycles. The second kappa shape index (κ2) is 14.7. The zero-order valence-corrected chi connectivity index (χ0v) is 35.4. The lowest BCUT2D eigenvalue weighted by Gasteiger charge is -2.45. The highest BCUT2D eigenvalue weighted by atomic mass is 15.9. The summed E-state index contributed by atoms with van der Waals surface area (Å²) in [5, 5.41) is 4.92. The molecule has 2 aliphatic carbocycles. The van der Waals surface area contributed by atoms with Gasteiger partial charge in [0, 0.05) is 29.9 Å². The summed E-state index contributed by atoms with van der Waals surface area (Å²) in [7, 11) is 0. The molecule has 64 heavy (non-hydrogen) atoms. The smallest absolute Gasteiger partial charge is 0.141 e. The van der Waals surface area contributed by atoms with Crippen molar-refractivity contribution >= 4 is 33.8 Å². The molecule has 1 saturated heterocycles. The Morgan fingerprint density at radius 1 is 0.500 bits per heavy atom. The molecule has 13 rings (SSSR count). The Labute approximate surface area is 375 Å². The molecule has 0 radical (unpaired) electrons. The van der Waals surface area contributed by atoms with Gasteiger partial charge >= 0.3 is 0 Å². The highest BCUT2D eigenvalue weighted by Crippen LogP contribution is 2.63. The quantitative estimate of drug-likeness (QED) is 0.148. The molecule has 8 aromatic rings. The van der Waals surface area contributed by atoms with E-state index in [0.29, 0.717) is 0 Å². The second-order valence-corrected chi connectivity index (χ2v) is 17.6. The first-order valence-electron chi connectivity index (χ1n) is 22.6. The minimum Gasteiger partial charge on any atom is -0.310 e. The predicted octanol–water partition coefficient (Wildman–Crippen LogP) is 14.5. The average Bonchev–Trinajstić information content (AvgIpc) is 3.99. The molecule has 0 bridgehead atoms. The summed E-state index contributed by atoms with van der Waals surface area (Å²) < 4.78 is 0. The summed E-state index contributed by atoms with van der Waals surface area (Å²) in [5.41, 5.74) is 21.5. The fourth-order valence-electron chi connectivity index (χ4n) is 11.4. The van der Waals surface area contributed by atoms with E-state index in [1.165, 1.54) is 95.0 Å². The van der Waals surface area contributed by atoms with Gasteiger partial charge in [0.2, 0.25) is 0 Å². The van der Waals surface area contributed by atoms with Crippen molar-refractivity contribution < 1.29 is 0 Å². The van der Waals surface area contributed by atoms with E-state index in [2.05, 4.69) is 252 Å². The van der Waals surface area contributed by atoms with Gasteiger partial charge in [0.15, 0.2) is 0 Å². The van der Waals surface area contributed by atoms with E-state index < -0.39 is 5.41 Å². The number of hydrogen-bond acceptors (Lipinski definition) is 3. The first-order valence-corrected chi connectivity index (χ1v) is 22.6. The van der Waals surface area contributed by atoms with Crippen LogP contribution in [0.5, 0.6) is 0 Å². The highest BCUT2D eigenvalue weighted by Gasteiger charge is 2.52. The monoisotopic (exact) mass is 819 g/mol. The molecule has 1 spiro atoms. The molecule has 0 N–H and O–H groups in total. The Hall–Kier alpha value is -7.72. The Morgan fingerprint density at radius 2 is 1.12 bits per heavy atom. The summed E-state index contributed by atoms with van der Waals surface area (Å²) >= 11 is 0. The number of benzene rings is 8. The van der Waals surface area contributed by atoms with E-state index in [1.54, 1.807) is 0 Å². The van der Waals surface area contributed by atoms with Crippen LogP contribution in [0.3, 0.4) is 0 Å². The van der Waals surface area contributed by atoms with E-state index in [-0.39, 0.29) is 12.1 Å². The zero-order chi connectivity index (χ0) is 42.2. The van der Waals surface area contributed by atoms with E-state index in [1.807, 2.05) is 0 Å². The van der Waals surface area contributed by atoms with Gasteiger partial charge in [-0.1, -0.05) is 200 Å². The van der Waals surface area contributed by atoms with Crippen LogP contribution in [0.15, 0.2) is 237 Å². The van der Waals surface area contributed by atoms with Crippen molar-refractivity contribution in [1.82, 2.24) is 10.0 Å². The lowest BCUT2D eigenvalue weighted by molar-refractivity contribution is 0.371. The first-order chi connectivity index (χ1) is 31.8. The van der Waals surface area contributed by atoms with Crippen LogP contribution in [0.1, 0.15) is 62.4 Å². The van der Waals surface area contributed by atoms with E-state index in [9.17, 15) is 0 Å². The molecule has 3 heteroatoms. The van der Waals surface area contributed by atoms with Crippen molar-refractivity contribution in [2.75, 3.05) is 4.90 Å². The number of allylic oxidation sites excluding steroid dienone is 6. The summed E-state index contributed by atoms with van der Waals surface area (Å²) in [5.74, 6) is 0.206. The third kappa shape index (κ3) is 5.64. The number of hydrogen-bond donors (Lipinski definition) is 0. The van der Waals surface area contributed by atoms with Crippen LogP contribution in [-0.2, 0) is 12.0 Å². The molecule has 8 aromatic carbocycles. The van der Waals surface area contributed by atoms with Gasteiger partial charge in [-0.2, -0.15) is 5.01 Å². The number of rotatable bonds is 7. The van der Waals surface area contributed by atoms with Gasteiger partial charge in [0.05, 0.1) is 16.8 Å². The first kappa shape index (κ1) is 36.9. The third-order valence-corrected chi connectivity index (χ3v) is 14.2. The maximum absolute atomic E-state index is 2.57. The maximum Gasteiger partial charge on any atom is 0.141 e. The van der Waals surface area contributed by atoms with Gasteiger partial charge in [0.25, 0.3) is 0 Å². The molecular formula is C61H45N3. The van der Waals surface area contributed by atoms with Crippen molar-refractivity contribution in [2.45, 2.75) is 30.5 Å². The molecule has 3 unspecified atom stereocenters. The van der Waals surface area contributed by atoms with Gasteiger partial charge in [0.1, 0.15) is 6.17 Å². The van der Waals surface area contributed by atoms with Crippen molar-refractivity contribution in [3.8, 4) is 11.1 Å². The van der Waals surface area contributed by atoms with Gasteiger partial charge in [-0.3, -0.25) is 5.01 Å². The van der Waals surface area contributed by atoms with Crippen molar-refractivity contribution in [2.24, 2.45) is 0 Å². The summed E-state index contributed by atoms with van der Waals surface area (Å²) in [6, 6.07) is 76.5. The number of fused-ring (bicyclic) bond motifs is 10. The standard InChI is InChI=1S/C61H45N3/c1-4-20-43(21-5-1)47-38-53(44-22-6-2-7-23-44)60-62(63(60)41-47)40-42-19-18-24-45(37-42)49-27-10-11-28-50(49)46-35-36-52-51-29-12-13-30-54(51)61(57(52)39-46)55-31-14-16-33-58(55)64(48-25-8-3-9-26-48)59-34-17-15-32-56(59)61/h1-27,29-39,41,50,60H,28,40H2. The molecule has 3 atom stereocenters. The lowest BCUT2D eigenvalue weighted by Crippen LogP contribution is -2.36. The van der Waals surface area contributed by atoms with E-state index in [0.717, 1.165) is 13.0 Å². The maximum atomic E-state index is 2.57. The van der Waals surface area contributed by atoms with Crippen LogP contribution in [0.4, 0.5) is 17.1 Å². The second-order valence-electron chi connectivity index (χ2n) is 17.6. The van der Waals surface area contributed by atoms with Crippen molar-refractivity contribution in [1.29, 1.82) is 0 Å². The Bertz CT molecular complexity index is 3200. The minimum absolute atomic E-state index is 0.206. The van der Waals surface area contributed by atoms with E-state index >= 15 is 0 Å². The number of para-hydroxylation sites is 3. The predicted molar refractivity (Wildman–Crippen MR) is 263 cm³/mol. The van der Waals surface area contributed by atoms with Crippen LogP contribution in [-0.4, -0.2) is 16.2 Å². The molecule has 0 aromatic heterocycles. The molecule has 1 fully saturated rings. The van der Waals surface area contributed by atoms with Crippen LogP contribution >= 0.6 is 0 Å². The fraction of sp³-hybridized carbons (Fsp3) is 0.0820. The molecule has 3 aliphatic heterocycles. The molecule has 5 aliphatic rings. The number of hydrazine groups is 1. The molecular weight excluding hydrogens is 775 g/mol. The minimum atomic E-state index is -0.485. The Balaban J connectivity index is 0.882. The summed E-state index contributed by atoms with van der Waals surface area (Å²) in [4.78, 5) is 2.46. The third-order valence-electron chi connectivity index (χ3n) is 14.2. The van der Waals surface area contributed by atoms with E-state index in [4.69, 9.17) is 0 Å². The molecule has 304 valence electrons. The number of anilines is 3. The zero-order valence-electron chi connectivity index (χ0n) is 35.4. The highest BCUT2D eigenvalue weighted by molar-refractivity contribution is 5.96. The van der Waals surface area contributed by atoms with Gasteiger partial charge in [-0.25, -0.2) is 0 Å². The van der Waals surface area contributed by atoms with Gasteiger partial charge in [-0.05, 0) is 109 Å². The Kier molecular flexibility index (Phi) is 8.47. The largest absolute Gasteiger partial charge is 0.310 e. The Morgan fingerprint density at radius 3 is 1.88 bits per heavy atom. The van der Waals surface area contributed by atoms with Crippen molar-refractivity contribution in [3.05, 3.63) is 287 Å². The summed E-state index contributed by atoms with van der Waals surface area (Å²) in [6.45, 7) is 0.827. The lowest BCUT2D eigenvalue weighted by atomic mass is 9.64. The van der Waals surface area contributed by atoms with Crippen LogP contribution in [0.2, 0.25) is 0 Å². The fourth-order valence-corrected chi connectivity index (χ4v) is 11.4. The average molecular weight is 820 g/mol. The number of nitrogens with zero attached hydrogens (tertiary/aromatic N) is 3. The summed E-state index contributed by atoms with van der Waals surface area (Å²) in [6.07, 6.45) is 12.8.